The third-order valence-corrected chi connectivity index (χ3v) is 3.70. The van der Waals surface area contributed by atoms with Crippen molar-refractivity contribution in [3.63, 3.8) is 0 Å². The van der Waals surface area contributed by atoms with E-state index in [9.17, 15) is 5.11 Å². The second-order valence-corrected chi connectivity index (χ2v) is 5.56. The van der Waals surface area contributed by atoms with Crippen molar-refractivity contribution >= 4 is 15.9 Å². The van der Waals surface area contributed by atoms with Gasteiger partial charge >= 0.3 is 0 Å². The highest BCUT2D eigenvalue weighted by Gasteiger charge is 2.10. The normalized spacial score (nSPS) is 12.2. The van der Waals surface area contributed by atoms with E-state index >= 15 is 0 Å². The molecule has 2 N–H and O–H groups in total. The van der Waals surface area contributed by atoms with Crippen molar-refractivity contribution in [2.75, 3.05) is 7.05 Å². The van der Waals surface area contributed by atoms with Crippen molar-refractivity contribution in [2.24, 2.45) is 0 Å². The maximum atomic E-state index is 9.27. The van der Waals surface area contributed by atoms with Gasteiger partial charge in [-0.05, 0) is 43.8 Å². The van der Waals surface area contributed by atoms with Gasteiger partial charge in [0.25, 0.3) is 0 Å². The van der Waals surface area contributed by atoms with Crippen LogP contribution in [0, 0.1) is 0 Å². The summed E-state index contributed by atoms with van der Waals surface area (Å²) in [6.45, 7) is 2.57. The summed E-state index contributed by atoms with van der Waals surface area (Å²) in [6.07, 6.45) is 0. The Labute approximate surface area is 127 Å². The zero-order chi connectivity index (χ0) is 14.5. The van der Waals surface area contributed by atoms with Crippen molar-refractivity contribution in [1.29, 1.82) is 0 Å². The van der Waals surface area contributed by atoms with Crippen LogP contribution in [0.1, 0.15) is 24.1 Å². The molecule has 4 heteroatoms. The minimum Gasteiger partial charge on any atom is -0.508 e. The summed E-state index contributed by atoms with van der Waals surface area (Å²) in [5, 5.41) is 12.5. The quantitative estimate of drug-likeness (QED) is 0.867. The summed E-state index contributed by atoms with van der Waals surface area (Å²) >= 11 is 3.47. The van der Waals surface area contributed by atoms with Crippen molar-refractivity contribution in [1.82, 2.24) is 5.32 Å². The predicted octanol–water partition coefficient (Wildman–Crippen LogP) is 4.01. The molecule has 0 fully saturated rings. The minimum atomic E-state index is 0.220. The Morgan fingerprint density at radius 3 is 2.55 bits per heavy atom. The van der Waals surface area contributed by atoms with Gasteiger partial charge in [-0.15, -0.1) is 0 Å². The van der Waals surface area contributed by atoms with Crippen LogP contribution in [0.5, 0.6) is 11.5 Å². The van der Waals surface area contributed by atoms with E-state index in [2.05, 4.69) is 34.2 Å². The lowest BCUT2D eigenvalue weighted by Gasteiger charge is -2.17. The lowest BCUT2D eigenvalue weighted by Crippen LogP contribution is -2.13. The summed E-state index contributed by atoms with van der Waals surface area (Å²) < 4.78 is 6.91. The van der Waals surface area contributed by atoms with Crippen LogP contribution >= 0.6 is 15.9 Å². The van der Waals surface area contributed by atoms with E-state index in [4.69, 9.17) is 4.74 Å². The molecule has 0 aromatic heterocycles. The molecule has 1 atom stereocenters. The number of hydrogen-bond donors (Lipinski definition) is 2. The molecular weight excluding hydrogens is 318 g/mol. The van der Waals surface area contributed by atoms with Crippen LogP contribution in [0.3, 0.4) is 0 Å². The van der Waals surface area contributed by atoms with Gasteiger partial charge in [-0.25, -0.2) is 0 Å². The first-order valence-corrected chi connectivity index (χ1v) is 7.27. The molecule has 0 heterocycles. The SMILES string of the molecule is CNC(C)c1ccc(Br)cc1OCc1ccc(O)cc1. The molecule has 0 radical (unpaired) electrons. The fourth-order valence-electron chi connectivity index (χ4n) is 1.90. The van der Waals surface area contributed by atoms with Crippen molar-refractivity contribution < 1.29 is 9.84 Å². The van der Waals surface area contributed by atoms with Gasteiger partial charge in [0.05, 0.1) is 0 Å². The molecule has 0 aliphatic carbocycles. The molecule has 0 aliphatic rings. The highest BCUT2D eigenvalue weighted by Crippen LogP contribution is 2.29. The molecule has 0 bridgehead atoms. The molecule has 0 aliphatic heterocycles. The third kappa shape index (κ3) is 3.74. The first kappa shape index (κ1) is 14.9. The Kier molecular flexibility index (Phi) is 5.04. The van der Waals surface area contributed by atoms with E-state index < -0.39 is 0 Å². The van der Waals surface area contributed by atoms with Crippen molar-refractivity contribution in [3.8, 4) is 11.5 Å². The third-order valence-electron chi connectivity index (χ3n) is 3.21. The Morgan fingerprint density at radius 2 is 1.90 bits per heavy atom. The molecule has 0 spiro atoms. The molecule has 2 aromatic rings. The lowest BCUT2D eigenvalue weighted by atomic mass is 10.1. The molecule has 0 saturated carbocycles. The van der Waals surface area contributed by atoms with Gasteiger partial charge in [-0.3, -0.25) is 0 Å². The number of rotatable bonds is 5. The zero-order valence-corrected chi connectivity index (χ0v) is 13.1. The van der Waals surface area contributed by atoms with E-state index in [0.717, 1.165) is 21.3 Å². The Bertz CT molecular complexity index is 569. The van der Waals surface area contributed by atoms with Gasteiger partial charge in [0.15, 0.2) is 0 Å². The van der Waals surface area contributed by atoms with Crippen LogP contribution in [-0.2, 0) is 6.61 Å². The number of phenolic OH excluding ortho intramolecular Hbond substituents is 1. The van der Waals surface area contributed by atoms with Crippen LogP contribution in [0.15, 0.2) is 46.9 Å². The van der Waals surface area contributed by atoms with Crippen LogP contribution in [0.25, 0.3) is 0 Å². The highest BCUT2D eigenvalue weighted by molar-refractivity contribution is 9.10. The van der Waals surface area contributed by atoms with E-state index in [-0.39, 0.29) is 11.8 Å². The summed E-state index contributed by atoms with van der Waals surface area (Å²) in [7, 11) is 1.93. The number of halogens is 1. The molecule has 20 heavy (non-hydrogen) atoms. The molecule has 1 unspecified atom stereocenters. The minimum absolute atomic E-state index is 0.220. The monoisotopic (exact) mass is 335 g/mol. The first-order valence-electron chi connectivity index (χ1n) is 6.47. The smallest absolute Gasteiger partial charge is 0.125 e. The van der Waals surface area contributed by atoms with E-state index in [1.54, 1.807) is 12.1 Å². The molecular formula is C16H18BrNO2. The summed E-state index contributed by atoms with van der Waals surface area (Å²) in [5.41, 5.74) is 2.14. The molecule has 106 valence electrons. The van der Waals surface area contributed by atoms with E-state index in [1.165, 1.54) is 0 Å². The summed E-state index contributed by atoms with van der Waals surface area (Å²) in [4.78, 5) is 0. The molecule has 2 aromatic carbocycles. The maximum absolute atomic E-state index is 9.27. The highest BCUT2D eigenvalue weighted by atomic mass is 79.9. The molecule has 0 amide bonds. The number of benzene rings is 2. The van der Waals surface area contributed by atoms with Gasteiger partial charge in [0.2, 0.25) is 0 Å². The topological polar surface area (TPSA) is 41.5 Å². The fourth-order valence-corrected chi connectivity index (χ4v) is 2.24. The van der Waals surface area contributed by atoms with Gasteiger partial charge in [-0.1, -0.05) is 34.1 Å². The zero-order valence-electron chi connectivity index (χ0n) is 11.6. The number of hydrogen-bond acceptors (Lipinski definition) is 3. The first-order chi connectivity index (χ1) is 9.60. The number of ether oxygens (including phenoxy) is 1. The van der Waals surface area contributed by atoms with Crippen molar-refractivity contribution in [3.05, 3.63) is 58.1 Å². The molecule has 0 saturated heterocycles. The van der Waals surface area contributed by atoms with Gasteiger partial charge in [0.1, 0.15) is 18.1 Å². The Balaban J connectivity index is 2.15. The summed E-state index contributed by atoms with van der Waals surface area (Å²) in [5.74, 6) is 1.12. The van der Waals surface area contributed by atoms with Crippen molar-refractivity contribution in [2.45, 2.75) is 19.6 Å². The average Bonchev–Trinajstić information content (AvgIpc) is 2.46. The van der Waals surface area contributed by atoms with Gasteiger partial charge in [0, 0.05) is 16.1 Å². The standard InChI is InChI=1S/C16H18BrNO2/c1-11(18-2)15-8-5-13(17)9-16(15)20-10-12-3-6-14(19)7-4-12/h3-9,11,18-19H,10H2,1-2H3. The average molecular weight is 336 g/mol. The lowest BCUT2D eigenvalue weighted by molar-refractivity contribution is 0.300. The van der Waals surface area contributed by atoms with Crippen LogP contribution in [0.4, 0.5) is 0 Å². The number of nitrogens with one attached hydrogen (secondary N) is 1. The second kappa shape index (κ2) is 6.77. The van der Waals surface area contributed by atoms with E-state index in [1.807, 2.05) is 31.3 Å². The summed E-state index contributed by atoms with van der Waals surface area (Å²) in [6, 6.07) is 13.3. The number of aromatic hydroxyl groups is 1. The predicted molar refractivity (Wildman–Crippen MR) is 84.1 cm³/mol. The van der Waals surface area contributed by atoms with Gasteiger partial charge in [-0.2, -0.15) is 0 Å². The number of phenols is 1. The Hall–Kier alpha value is -1.52. The maximum Gasteiger partial charge on any atom is 0.125 e. The molecule has 2 rings (SSSR count). The Morgan fingerprint density at radius 1 is 1.20 bits per heavy atom. The van der Waals surface area contributed by atoms with Crippen LogP contribution in [-0.4, -0.2) is 12.2 Å². The fraction of sp³-hybridized carbons (Fsp3) is 0.250. The largest absolute Gasteiger partial charge is 0.508 e. The van der Waals surface area contributed by atoms with E-state index in [0.29, 0.717) is 6.61 Å². The van der Waals surface area contributed by atoms with Crippen LogP contribution in [0.2, 0.25) is 0 Å². The van der Waals surface area contributed by atoms with Crippen LogP contribution < -0.4 is 10.1 Å². The second-order valence-electron chi connectivity index (χ2n) is 4.65. The molecule has 3 nitrogen and oxygen atoms in total. The van der Waals surface area contributed by atoms with Gasteiger partial charge < -0.3 is 15.2 Å².